The van der Waals surface area contributed by atoms with Crippen molar-refractivity contribution < 1.29 is 0 Å². The summed E-state index contributed by atoms with van der Waals surface area (Å²) >= 11 is 3.56. The van der Waals surface area contributed by atoms with E-state index in [1.807, 2.05) is 0 Å². The van der Waals surface area contributed by atoms with E-state index >= 15 is 0 Å². The van der Waals surface area contributed by atoms with Gasteiger partial charge in [0.25, 0.3) is 0 Å². The summed E-state index contributed by atoms with van der Waals surface area (Å²) in [6.07, 6.45) is 4.12. The highest BCUT2D eigenvalue weighted by Gasteiger charge is 2.53. The summed E-state index contributed by atoms with van der Waals surface area (Å²) in [5, 5.41) is 0. The zero-order valence-electron chi connectivity index (χ0n) is 7.81. The molecule has 1 spiro atoms. The molecule has 1 saturated carbocycles. The van der Waals surface area contributed by atoms with Crippen LogP contribution < -0.4 is 0 Å². The average Bonchev–Trinajstić information content (AvgIpc) is 2.83. The molecule has 0 N–H and O–H groups in total. The number of fused-ring (bicyclic) bond motifs is 2. The van der Waals surface area contributed by atoms with Crippen molar-refractivity contribution in [2.75, 3.05) is 0 Å². The molecule has 1 aromatic rings. The predicted octanol–water partition coefficient (Wildman–Crippen LogP) is 3.67. The van der Waals surface area contributed by atoms with Crippen LogP contribution in [0.25, 0.3) is 0 Å². The normalized spacial score (nSPS) is 27.7. The Balaban J connectivity index is 2.19. The molecule has 0 heterocycles. The molecule has 0 nitrogen and oxygen atoms in total. The molecular formula is C12H13Br. The molecule has 1 fully saturated rings. The Morgan fingerprint density at radius 2 is 2.15 bits per heavy atom. The number of hydrogen-bond acceptors (Lipinski definition) is 0. The maximum absolute atomic E-state index is 3.56. The molecule has 3 rings (SSSR count). The smallest absolute Gasteiger partial charge is 0.0178 e. The van der Waals surface area contributed by atoms with Crippen molar-refractivity contribution in [3.8, 4) is 0 Å². The summed E-state index contributed by atoms with van der Waals surface area (Å²) in [7, 11) is 0. The molecular weight excluding hydrogens is 224 g/mol. The van der Waals surface area contributed by atoms with Gasteiger partial charge in [-0.1, -0.05) is 28.9 Å². The van der Waals surface area contributed by atoms with Crippen LogP contribution in [0.5, 0.6) is 0 Å². The molecule has 0 aliphatic heterocycles. The van der Waals surface area contributed by atoms with Crippen LogP contribution in [0.15, 0.2) is 22.7 Å². The van der Waals surface area contributed by atoms with Gasteiger partial charge in [0.05, 0.1) is 0 Å². The molecule has 2 aliphatic rings. The Hall–Kier alpha value is -0.300. The molecule has 0 bridgehead atoms. The third kappa shape index (κ3) is 0.969. The SMILES string of the molecule is C[C@H]1Cc2ccc(Br)cc2C12CC2. The molecule has 68 valence electrons. The largest absolute Gasteiger partial charge is 0.0613 e. The van der Waals surface area contributed by atoms with E-state index in [0.717, 1.165) is 5.92 Å². The van der Waals surface area contributed by atoms with Crippen molar-refractivity contribution in [1.29, 1.82) is 0 Å². The minimum absolute atomic E-state index is 0.596. The number of benzene rings is 1. The van der Waals surface area contributed by atoms with Crippen LogP contribution >= 0.6 is 15.9 Å². The Bertz CT molecular complexity index is 363. The molecule has 0 unspecified atom stereocenters. The zero-order valence-corrected chi connectivity index (χ0v) is 9.39. The van der Waals surface area contributed by atoms with E-state index in [0.29, 0.717) is 5.41 Å². The van der Waals surface area contributed by atoms with Gasteiger partial charge in [-0.3, -0.25) is 0 Å². The summed E-state index contributed by atoms with van der Waals surface area (Å²) < 4.78 is 1.24. The lowest BCUT2D eigenvalue weighted by molar-refractivity contribution is 0.483. The van der Waals surface area contributed by atoms with Crippen LogP contribution in [0.1, 0.15) is 30.9 Å². The summed E-state index contributed by atoms with van der Waals surface area (Å²) in [6.45, 7) is 2.40. The van der Waals surface area contributed by atoms with Gasteiger partial charge in [0.1, 0.15) is 0 Å². The highest BCUT2D eigenvalue weighted by atomic mass is 79.9. The Morgan fingerprint density at radius 3 is 2.85 bits per heavy atom. The van der Waals surface area contributed by atoms with Gasteiger partial charge in [-0.15, -0.1) is 0 Å². The Morgan fingerprint density at radius 1 is 1.38 bits per heavy atom. The van der Waals surface area contributed by atoms with Gasteiger partial charge in [0.15, 0.2) is 0 Å². The van der Waals surface area contributed by atoms with Gasteiger partial charge < -0.3 is 0 Å². The summed E-state index contributed by atoms with van der Waals surface area (Å²) in [6, 6.07) is 6.81. The van der Waals surface area contributed by atoms with Crippen LogP contribution in [-0.4, -0.2) is 0 Å². The van der Waals surface area contributed by atoms with Crippen molar-refractivity contribution in [2.24, 2.45) is 5.92 Å². The quantitative estimate of drug-likeness (QED) is 0.645. The van der Waals surface area contributed by atoms with E-state index in [9.17, 15) is 0 Å². The molecule has 0 radical (unpaired) electrons. The lowest BCUT2D eigenvalue weighted by atomic mass is 9.91. The van der Waals surface area contributed by atoms with E-state index in [1.165, 1.54) is 23.7 Å². The Labute approximate surface area is 87.5 Å². The fourth-order valence-electron chi connectivity index (χ4n) is 2.88. The summed E-state index contributed by atoms with van der Waals surface area (Å²) in [4.78, 5) is 0. The van der Waals surface area contributed by atoms with E-state index < -0.39 is 0 Å². The molecule has 0 saturated heterocycles. The lowest BCUT2D eigenvalue weighted by Crippen LogP contribution is -2.10. The van der Waals surface area contributed by atoms with Crippen LogP contribution in [0.4, 0.5) is 0 Å². The molecule has 0 amide bonds. The Kier molecular flexibility index (Phi) is 1.48. The van der Waals surface area contributed by atoms with Crippen molar-refractivity contribution in [3.63, 3.8) is 0 Å². The topological polar surface area (TPSA) is 0 Å². The van der Waals surface area contributed by atoms with E-state index in [-0.39, 0.29) is 0 Å². The first-order valence-corrected chi connectivity index (χ1v) is 5.80. The highest BCUT2D eigenvalue weighted by Crippen LogP contribution is 2.59. The zero-order chi connectivity index (χ0) is 9.05. The fraction of sp³-hybridized carbons (Fsp3) is 0.500. The third-order valence-corrected chi connectivity index (χ3v) is 4.36. The predicted molar refractivity (Wildman–Crippen MR) is 57.9 cm³/mol. The van der Waals surface area contributed by atoms with Gasteiger partial charge in [-0.25, -0.2) is 0 Å². The minimum atomic E-state index is 0.596. The second-order valence-corrected chi connectivity index (χ2v) is 5.48. The second-order valence-electron chi connectivity index (χ2n) is 4.56. The fourth-order valence-corrected chi connectivity index (χ4v) is 3.24. The number of halogens is 1. The first kappa shape index (κ1) is 8.05. The van der Waals surface area contributed by atoms with Gasteiger partial charge in [0.2, 0.25) is 0 Å². The van der Waals surface area contributed by atoms with E-state index in [2.05, 4.69) is 41.1 Å². The number of hydrogen-bond donors (Lipinski definition) is 0. The highest BCUT2D eigenvalue weighted by molar-refractivity contribution is 9.10. The van der Waals surface area contributed by atoms with Crippen molar-refractivity contribution in [3.05, 3.63) is 33.8 Å². The first-order chi connectivity index (χ1) is 6.22. The van der Waals surface area contributed by atoms with Crippen LogP contribution in [0.2, 0.25) is 0 Å². The van der Waals surface area contributed by atoms with Gasteiger partial charge in [0, 0.05) is 4.47 Å². The van der Waals surface area contributed by atoms with Crippen molar-refractivity contribution in [1.82, 2.24) is 0 Å². The lowest BCUT2D eigenvalue weighted by Gasteiger charge is -2.13. The van der Waals surface area contributed by atoms with Crippen LogP contribution in [0, 0.1) is 5.92 Å². The van der Waals surface area contributed by atoms with Crippen molar-refractivity contribution in [2.45, 2.75) is 31.6 Å². The maximum atomic E-state index is 3.56. The molecule has 1 aromatic carbocycles. The maximum Gasteiger partial charge on any atom is 0.0178 e. The standard InChI is InChI=1S/C12H13Br/c1-8-6-9-2-3-10(13)7-11(9)12(8)4-5-12/h2-3,7-8H,4-6H2,1H3/t8-/m0/s1. The summed E-state index contributed by atoms with van der Waals surface area (Å²) in [5.74, 6) is 0.872. The first-order valence-electron chi connectivity index (χ1n) is 5.01. The average molecular weight is 237 g/mol. The summed E-state index contributed by atoms with van der Waals surface area (Å²) in [5.41, 5.74) is 3.82. The molecule has 1 heteroatoms. The van der Waals surface area contributed by atoms with E-state index in [1.54, 1.807) is 11.1 Å². The monoisotopic (exact) mass is 236 g/mol. The van der Waals surface area contributed by atoms with Crippen LogP contribution in [-0.2, 0) is 11.8 Å². The second kappa shape index (κ2) is 2.38. The molecule has 13 heavy (non-hydrogen) atoms. The molecule has 1 atom stereocenters. The van der Waals surface area contributed by atoms with Crippen molar-refractivity contribution >= 4 is 15.9 Å². The van der Waals surface area contributed by atoms with Gasteiger partial charge in [-0.2, -0.15) is 0 Å². The van der Waals surface area contributed by atoms with Crippen LogP contribution in [0.3, 0.4) is 0 Å². The molecule has 0 aromatic heterocycles. The molecule has 2 aliphatic carbocycles. The number of rotatable bonds is 0. The third-order valence-electron chi connectivity index (χ3n) is 3.87. The van der Waals surface area contributed by atoms with Gasteiger partial charge >= 0.3 is 0 Å². The van der Waals surface area contributed by atoms with Gasteiger partial charge in [-0.05, 0) is 53.9 Å². The van der Waals surface area contributed by atoms with E-state index in [4.69, 9.17) is 0 Å². The minimum Gasteiger partial charge on any atom is -0.0613 e.